The number of aromatic nitrogens is 1. The van der Waals surface area contributed by atoms with Crippen LogP contribution < -0.4 is 0 Å². The fourth-order valence-electron chi connectivity index (χ4n) is 2.33. The Morgan fingerprint density at radius 1 is 0.720 bits per heavy atom. The average molecular weight is 327 g/mol. The van der Waals surface area contributed by atoms with Crippen LogP contribution in [0.1, 0.15) is 28.4 Å². The molecule has 0 fully saturated rings. The maximum Gasteiger partial charge on any atom is 0.213 e. The van der Waals surface area contributed by atoms with Crippen molar-refractivity contribution >= 4 is 17.2 Å². The van der Waals surface area contributed by atoms with Gasteiger partial charge in [0.15, 0.2) is 0 Å². The Morgan fingerprint density at radius 3 is 1.88 bits per heavy atom. The van der Waals surface area contributed by atoms with Gasteiger partial charge < -0.3 is 0 Å². The van der Waals surface area contributed by atoms with Gasteiger partial charge in [0.25, 0.3) is 0 Å². The summed E-state index contributed by atoms with van der Waals surface area (Å²) in [4.78, 5) is 16.9. The van der Waals surface area contributed by atoms with Crippen LogP contribution in [-0.4, -0.2) is 22.2 Å². The molecular weight excluding hydrogens is 310 g/mol. The zero-order valence-corrected chi connectivity index (χ0v) is 13.8. The molecule has 2 aromatic carbocycles. The van der Waals surface area contributed by atoms with E-state index in [0.29, 0.717) is 11.3 Å². The third kappa shape index (κ3) is 4.12. The molecule has 4 nitrogen and oxygen atoms in total. The summed E-state index contributed by atoms with van der Waals surface area (Å²) in [5.74, 6) is -0.155. The van der Waals surface area contributed by atoms with E-state index >= 15 is 0 Å². The summed E-state index contributed by atoms with van der Waals surface area (Å²) in [5.41, 5.74) is 3.28. The molecule has 122 valence electrons. The van der Waals surface area contributed by atoms with Crippen LogP contribution in [0.3, 0.4) is 0 Å². The highest BCUT2D eigenvalue weighted by Gasteiger charge is 2.16. The van der Waals surface area contributed by atoms with Crippen LogP contribution in [0.4, 0.5) is 0 Å². The van der Waals surface area contributed by atoms with Crippen LogP contribution >= 0.6 is 0 Å². The lowest BCUT2D eigenvalue weighted by molar-refractivity contribution is 0.106. The summed E-state index contributed by atoms with van der Waals surface area (Å²) in [7, 11) is 0. The largest absolute Gasteiger partial charge is 0.287 e. The lowest BCUT2D eigenvalue weighted by Gasteiger charge is -2.05. The molecule has 0 spiro atoms. The number of benzene rings is 2. The minimum atomic E-state index is -0.155. The first-order valence-electron chi connectivity index (χ1n) is 7.93. The topological polar surface area (TPSA) is 54.7 Å². The van der Waals surface area contributed by atoms with E-state index in [2.05, 4.69) is 15.2 Å². The monoisotopic (exact) mass is 327 g/mol. The molecular formula is C21H17N3O. The van der Waals surface area contributed by atoms with E-state index in [1.54, 1.807) is 24.5 Å². The number of hydrogen-bond acceptors (Lipinski definition) is 4. The fraction of sp³-hybridized carbons (Fsp3) is 0.0476. The quantitative estimate of drug-likeness (QED) is 0.401. The lowest BCUT2D eigenvalue weighted by atomic mass is 10.0. The van der Waals surface area contributed by atoms with Gasteiger partial charge in [-0.05, 0) is 19.1 Å². The van der Waals surface area contributed by atoms with Crippen LogP contribution in [0, 0.1) is 0 Å². The Morgan fingerprint density at radius 2 is 1.28 bits per heavy atom. The molecule has 0 radical (unpaired) electrons. The van der Waals surface area contributed by atoms with E-state index in [1.165, 1.54) is 0 Å². The number of nitrogens with zero attached hydrogens (tertiary/aromatic N) is 3. The van der Waals surface area contributed by atoms with E-state index in [-0.39, 0.29) is 5.78 Å². The van der Waals surface area contributed by atoms with Gasteiger partial charge in [-0.2, -0.15) is 5.10 Å². The minimum Gasteiger partial charge on any atom is -0.287 e. The number of ketones is 1. The van der Waals surface area contributed by atoms with Crippen LogP contribution in [0.15, 0.2) is 95.4 Å². The van der Waals surface area contributed by atoms with Crippen molar-refractivity contribution in [1.82, 2.24) is 4.98 Å². The van der Waals surface area contributed by atoms with Gasteiger partial charge in [-0.15, -0.1) is 5.10 Å². The van der Waals surface area contributed by atoms with Gasteiger partial charge in [0.05, 0.1) is 5.71 Å². The Kier molecular flexibility index (Phi) is 5.22. The molecule has 1 heterocycles. The van der Waals surface area contributed by atoms with E-state index in [9.17, 15) is 4.79 Å². The second-order valence-electron chi connectivity index (χ2n) is 5.43. The summed E-state index contributed by atoms with van der Waals surface area (Å²) in [6.07, 6.45) is 3.40. The summed E-state index contributed by atoms with van der Waals surface area (Å²) in [5, 5.41) is 8.55. The van der Waals surface area contributed by atoms with Crippen LogP contribution in [0.2, 0.25) is 0 Å². The normalized spacial score (nSPS) is 12.0. The molecule has 0 aliphatic carbocycles. The first kappa shape index (κ1) is 16.5. The minimum absolute atomic E-state index is 0.155. The smallest absolute Gasteiger partial charge is 0.213 e. The fourth-order valence-corrected chi connectivity index (χ4v) is 2.33. The van der Waals surface area contributed by atoms with Crippen molar-refractivity contribution in [3.63, 3.8) is 0 Å². The summed E-state index contributed by atoms with van der Waals surface area (Å²) in [6.45, 7) is 1.86. The Hall–Kier alpha value is -3.40. The van der Waals surface area contributed by atoms with Crippen LogP contribution in [0.25, 0.3) is 0 Å². The highest BCUT2D eigenvalue weighted by Crippen LogP contribution is 2.10. The zero-order valence-electron chi connectivity index (χ0n) is 13.8. The van der Waals surface area contributed by atoms with Gasteiger partial charge in [-0.1, -0.05) is 60.7 Å². The maximum absolute atomic E-state index is 12.9. The molecule has 0 aliphatic rings. The predicted octanol–water partition coefficient (Wildman–Crippen LogP) is 4.18. The van der Waals surface area contributed by atoms with E-state index in [4.69, 9.17) is 0 Å². The SMILES string of the molecule is C/C(=N\N=C(/C(=O)c1ccccc1)c1ccccc1)c1ccncc1. The predicted molar refractivity (Wildman–Crippen MR) is 100 cm³/mol. The first-order chi connectivity index (χ1) is 12.3. The molecule has 0 N–H and O–H groups in total. The summed E-state index contributed by atoms with van der Waals surface area (Å²) < 4.78 is 0. The van der Waals surface area contributed by atoms with Gasteiger partial charge in [0.2, 0.25) is 5.78 Å². The molecule has 0 saturated heterocycles. The summed E-state index contributed by atoms with van der Waals surface area (Å²) >= 11 is 0. The lowest BCUT2D eigenvalue weighted by Crippen LogP contribution is -2.15. The van der Waals surface area contributed by atoms with E-state index in [1.807, 2.05) is 67.6 Å². The number of hydrogen-bond donors (Lipinski definition) is 0. The Balaban J connectivity index is 2.01. The zero-order chi connectivity index (χ0) is 17.5. The molecule has 0 amide bonds. The number of Topliss-reactive ketones (excluding diaryl/α,β-unsaturated/α-hetero) is 1. The standard InChI is InChI=1S/C21H17N3O/c1-16(17-12-14-22-15-13-17)23-24-20(18-8-4-2-5-9-18)21(25)19-10-6-3-7-11-19/h2-15H,1H3/b23-16+,24-20-. The van der Waals surface area contributed by atoms with Crippen LogP contribution in [-0.2, 0) is 0 Å². The van der Waals surface area contributed by atoms with E-state index in [0.717, 1.165) is 16.8 Å². The number of rotatable bonds is 5. The third-order valence-corrected chi connectivity index (χ3v) is 3.70. The molecule has 0 saturated carbocycles. The molecule has 0 aliphatic heterocycles. The molecule has 4 heteroatoms. The number of pyridine rings is 1. The van der Waals surface area contributed by atoms with Gasteiger partial charge in [-0.3, -0.25) is 9.78 Å². The second-order valence-corrected chi connectivity index (χ2v) is 5.43. The molecule has 0 atom stereocenters. The molecule has 0 unspecified atom stereocenters. The van der Waals surface area contributed by atoms with Crippen molar-refractivity contribution in [2.45, 2.75) is 6.92 Å². The molecule has 0 bridgehead atoms. The summed E-state index contributed by atoms with van der Waals surface area (Å²) in [6, 6.07) is 22.2. The number of carbonyl (C=O) groups excluding carboxylic acids is 1. The van der Waals surface area contributed by atoms with Gasteiger partial charge in [0.1, 0.15) is 5.71 Å². The van der Waals surface area contributed by atoms with Crippen molar-refractivity contribution in [1.29, 1.82) is 0 Å². The van der Waals surface area contributed by atoms with Gasteiger partial charge in [-0.25, -0.2) is 0 Å². The van der Waals surface area contributed by atoms with E-state index < -0.39 is 0 Å². The Bertz CT molecular complexity index is 902. The van der Waals surface area contributed by atoms with Crippen molar-refractivity contribution in [3.05, 3.63) is 102 Å². The second kappa shape index (κ2) is 7.93. The highest BCUT2D eigenvalue weighted by atomic mass is 16.1. The molecule has 25 heavy (non-hydrogen) atoms. The van der Waals surface area contributed by atoms with Crippen molar-refractivity contribution < 1.29 is 4.79 Å². The highest BCUT2D eigenvalue weighted by molar-refractivity contribution is 6.51. The van der Waals surface area contributed by atoms with Crippen LogP contribution in [0.5, 0.6) is 0 Å². The average Bonchev–Trinajstić information content (AvgIpc) is 2.70. The molecule has 3 aromatic rings. The molecule has 1 aromatic heterocycles. The van der Waals surface area contributed by atoms with Gasteiger partial charge in [0, 0.05) is 29.1 Å². The van der Waals surface area contributed by atoms with Crippen molar-refractivity contribution in [3.8, 4) is 0 Å². The van der Waals surface area contributed by atoms with Gasteiger partial charge >= 0.3 is 0 Å². The third-order valence-electron chi connectivity index (χ3n) is 3.70. The Labute approximate surface area is 146 Å². The first-order valence-corrected chi connectivity index (χ1v) is 7.93. The molecule has 3 rings (SSSR count). The van der Waals surface area contributed by atoms with Crippen molar-refractivity contribution in [2.24, 2.45) is 10.2 Å². The maximum atomic E-state index is 12.9. The van der Waals surface area contributed by atoms with Crippen molar-refractivity contribution in [2.75, 3.05) is 0 Å². The number of carbonyl (C=O) groups is 1.